The van der Waals surface area contributed by atoms with Crippen LogP contribution in [0.2, 0.25) is 0 Å². The van der Waals surface area contributed by atoms with E-state index in [9.17, 15) is 23.2 Å². The first-order chi connectivity index (χ1) is 21.9. The summed E-state index contributed by atoms with van der Waals surface area (Å²) in [6.07, 6.45) is 5.21. The van der Waals surface area contributed by atoms with Crippen molar-refractivity contribution in [2.75, 3.05) is 44.6 Å². The van der Waals surface area contributed by atoms with Crippen LogP contribution in [0.25, 0.3) is 11.7 Å². The molecule has 2 aromatic heterocycles. The van der Waals surface area contributed by atoms with E-state index in [2.05, 4.69) is 44.0 Å². The molecule has 3 saturated heterocycles. The van der Waals surface area contributed by atoms with Gasteiger partial charge in [-0.05, 0) is 43.1 Å². The number of hydrogen-bond acceptors (Lipinski definition) is 7. The minimum absolute atomic E-state index is 0.0240. The van der Waals surface area contributed by atoms with Crippen LogP contribution >= 0.6 is 0 Å². The third kappa shape index (κ3) is 5.53. The Morgan fingerprint density at radius 3 is 2.41 bits per heavy atom. The van der Waals surface area contributed by atoms with Gasteiger partial charge in [-0.25, -0.2) is 18.6 Å². The van der Waals surface area contributed by atoms with Crippen molar-refractivity contribution in [1.29, 1.82) is 0 Å². The van der Waals surface area contributed by atoms with Gasteiger partial charge in [0.05, 0.1) is 18.4 Å². The van der Waals surface area contributed by atoms with E-state index in [4.69, 9.17) is 9.72 Å². The van der Waals surface area contributed by atoms with Gasteiger partial charge in [-0.1, -0.05) is 33.6 Å². The van der Waals surface area contributed by atoms with E-state index in [1.165, 1.54) is 9.80 Å². The fourth-order valence-electron chi connectivity index (χ4n) is 8.07. The van der Waals surface area contributed by atoms with Crippen molar-refractivity contribution in [3.8, 4) is 0 Å². The first-order valence-electron chi connectivity index (χ1n) is 15.9. The zero-order valence-corrected chi connectivity index (χ0v) is 26.4. The van der Waals surface area contributed by atoms with Crippen molar-refractivity contribution in [3.05, 3.63) is 54.9 Å². The highest BCUT2D eigenvalue weighted by Gasteiger charge is 2.59. The molecule has 0 spiro atoms. The number of ether oxygens (including phenoxy) is 1. The molecule has 6 rings (SSSR count). The number of likely N-dealkylation sites (tertiary alicyclic amines) is 3. The van der Waals surface area contributed by atoms with Gasteiger partial charge < -0.3 is 24.8 Å². The Labute approximate surface area is 266 Å². The number of hydrogen-bond donors (Lipinski definition) is 1. The summed E-state index contributed by atoms with van der Waals surface area (Å²) in [6, 6.07) is 1.83. The number of rotatable bonds is 8. The minimum atomic E-state index is -1.04. The highest BCUT2D eigenvalue weighted by atomic mass is 19.1. The molecule has 4 aliphatic rings. The highest BCUT2D eigenvalue weighted by Crippen LogP contribution is 2.55. The maximum absolute atomic E-state index is 13.9. The van der Waals surface area contributed by atoms with Crippen LogP contribution < -0.4 is 5.32 Å². The predicted molar refractivity (Wildman–Crippen MR) is 168 cm³/mol. The number of fused-ring (bicyclic) bond motifs is 3. The summed E-state index contributed by atoms with van der Waals surface area (Å²) in [6.45, 7) is 16.4. The lowest BCUT2D eigenvalue weighted by Crippen LogP contribution is -2.59. The predicted octanol–water partition coefficient (Wildman–Crippen LogP) is 4.54. The van der Waals surface area contributed by atoms with Crippen molar-refractivity contribution in [1.82, 2.24) is 29.3 Å². The topological polar surface area (TPSA) is 112 Å². The molecule has 0 radical (unpaired) electrons. The summed E-state index contributed by atoms with van der Waals surface area (Å²) in [5.74, 6) is -2.52. The van der Waals surface area contributed by atoms with Crippen LogP contribution in [0, 0.1) is 17.3 Å². The third-order valence-electron chi connectivity index (χ3n) is 10.4. The zero-order valence-electron chi connectivity index (χ0n) is 26.4. The van der Waals surface area contributed by atoms with E-state index in [1.807, 2.05) is 16.8 Å². The molecule has 4 fully saturated rings. The van der Waals surface area contributed by atoms with Crippen molar-refractivity contribution in [2.45, 2.75) is 57.6 Å². The second-order valence-corrected chi connectivity index (χ2v) is 13.4. The van der Waals surface area contributed by atoms with Gasteiger partial charge in [-0.3, -0.25) is 9.59 Å². The summed E-state index contributed by atoms with van der Waals surface area (Å²) in [7, 11) is 0. The van der Waals surface area contributed by atoms with Gasteiger partial charge in [0.2, 0.25) is 0 Å². The maximum atomic E-state index is 13.9. The summed E-state index contributed by atoms with van der Waals surface area (Å²) in [4.78, 5) is 47.5. The zero-order chi connectivity index (χ0) is 32.9. The number of aromatic nitrogens is 3. The van der Waals surface area contributed by atoms with E-state index >= 15 is 0 Å². The SMILES string of the molecule is C=Cc1cc(NC2C3CCC2(C2CCN(C(=O)C(=C)F)C2)CN(C(=O)OC2CCN(C(=O)C(=C)F)C2)C3)n2ncc(C(C)C)c2n1. The molecule has 1 N–H and O–H groups in total. The van der Waals surface area contributed by atoms with E-state index in [-0.39, 0.29) is 36.9 Å². The van der Waals surface area contributed by atoms with Gasteiger partial charge in [0.15, 0.2) is 17.3 Å². The Morgan fingerprint density at radius 1 is 1.04 bits per heavy atom. The number of nitrogens with one attached hydrogen (secondary N) is 1. The Bertz CT molecular complexity index is 1610. The van der Waals surface area contributed by atoms with Crippen molar-refractivity contribution in [3.63, 3.8) is 0 Å². The maximum Gasteiger partial charge on any atom is 0.410 e. The van der Waals surface area contributed by atoms with Gasteiger partial charge in [0.25, 0.3) is 11.8 Å². The molecule has 0 aromatic carbocycles. The monoisotopic (exact) mass is 637 g/mol. The Balaban J connectivity index is 1.29. The van der Waals surface area contributed by atoms with Gasteiger partial charge in [-0.2, -0.15) is 9.61 Å². The quantitative estimate of drug-likeness (QED) is 0.423. The first kappa shape index (κ1) is 31.7. The third-order valence-corrected chi connectivity index (χ3v) is 10.4. The van der Waals surface area contributed by atoms with E-state index in [0.29, 0.717) is 44.7 Å². The van der Waals surface area contributed by atoms with E-state index in [0.717, 1.165) is 29.9 Å². The molecule has 5 atom stereocenters. The average Bonchev–Trinajstić information content (AvgIpc) is 3.82. The molecule has 11 nitrogen and oxygen atoms in total. The van der Waals surface area contributed by atoms with Crippen LogP contribution in [-0.2, 0) is 14.3 Å². The van der Waals surface area contributed by atoms with Crippen LogP contribution in [-0.4, -0.2) is 98.6 Å². The van der Waals surface area contributed by atoms with Gasteiger partial charge in [0.1, 0.15) is 11.9 Å². The normalized spacial score (nSPS) is 27.4. The molecule has 3 aliphatic heterocycles. The number of anilines is 1. The smallest absolute Gasteiger partial charge is 0.410 e. The largest absolute Gasteiger partial charge is 0.444 e. The van der Waals surface area contributed by atoms with Crippen LogP contribution in [0.15, 0.2) is 43.7 Å². The summed E-state index contributed by atoms with van der Waals surface area (Å²) in [5.41, 5.74) is 2.01. The number of carbonyl (C=O) groups is 3. The van der Waals surface area contributed by atoms with Crippen molar-refractivity contribution < 1.29 is 27.9 Å². The molecule has 13 heteroatoms. The van der Waals surface area contributed by atoms with Crippen LogP contribution in [0.4, 0.5) is 19.4 Å². The molecule has 5 unspecified atom stereocenters. The Hall–Kier alpha value is -4.29. The fourth-order valence-corrected chi connectivity index (χ4v) is 8.07. The van der Waals surface area contributed by atoms with Crippen LogP contribution in [0.3, 0.4) is 0 Å². The van der Waals surface area contributed by atoms with Gasteiger partial charge in [-0.15, -0.1) is 0 Å². The Morgan fingerprint density at radius 2 is 1.74 bits per heavy atom. The standard InChI is InChI=1S/C33H41F2N7O4/c1-6-24-13-27(42-29(37-24)26(14-36-42)19(2)3)38-28-22-7-10-33(28,23-8-11-39(16-23)30(43)20(4)34)18-41(15-22)32(45)46-25-9-12-40(17-25)31(44)21(5)35/h6,13-14,19,22-23,25,28,38H,1,4-5,7-12,15-18H2,2-3H3. The van der Waals surface area contributed by atoms with Crippen LogP contribution in [0.1, 0.15) is 56.7 Å². The van der Waals surface area contributed by atoms with E-state index < -0.39 is 41.1 Å². The lowest BCUT2D eigenvalue weighted by Gasteiger charge is -2.49. The molecular weight excluding hydrogens is 596 g/mol. The fraction of sp³-hybridized carbons (Fsp3) is 0.545. The summed E-state index contributed by atoms with van der Waals surface area (Å²) < 4.78 is 35.0. The molecule has 46 heavy (non-hydrogen) atoms. The molecule has 5 heterocycles. The molecule has 2 aromatic rings. The second kappa shape index (κ2) is 12.1. The second-order valence-electron chi connectivity index (χ2n) is 13.4. The molecule has 1 saturated carbocycles. The number of carbonyl (C=O) groups excluding carboxylic acids is 3. The molecular formula is C33H41F2N7O4. The lowest BCUT2D eigenvalue weighted by atomic mass is 9.67. The van der Waals surface area contributed by atoms with Crippen LogP contribution in [0.5, 0.6) is 0 Å². The number of nitrogens with zero attached hydrogens (tertiary/aromatic N) is 6. The summed E-state index contributed by atoms with van der Waals surface area (Å²) in [5, 5.41) is 8.48. The molecule has 246 valence electrons. The average molecular weight is 638 g/mol. The molecule has 2 bridgehead atoms. The van der Waals surface area contributed by atoms with E-state index in [1.54, 1.807) is 11.0 Å². The number of halogens is 2. The van der Waals surface area contributed by atoms with Crippen molar-refractivity contribution in [2.24, 2.45) is 17.3 Å². The summed E-state index contributed by atoms with van der Waals surface area (Å²) >= 11 is 0. The number of piperidine rings is 1. The lowest BCUT2D eigenvalue weighted by molar-refractivity contribution is -0.128. The van der Waals surface area contributed by atoms with Crippen molar-refractivity contribution >= 4 is 35.4 Å². The molecule has 3 amide bonds. The number of amides is 3. The first-order valence-corrected chi connectivity index (χ1v) is 15.9. The highest BCUT2D eigenvalue weighted by molar-refractivity contribution is 5.91. The minimum Gasteiger partial charge on any atom is -0.444 e. The van der Waals surface area contributed by atoms with Gasteiger partial charge in [0, 0.05) is 62.2 Å². The van der Waals surface area contributed by atoms with Gasteiger partial charge >= 0.3 is 6.09 Å². The Kier molecular flexibility index (Phi) is 8.36. The molecule has 1 aliphatic carbocycles.